The molecule has 1 aromatic heterocycles. The minimum absolute atomic E-state index is 0.201. The number of amides is 1. The van der Waals surface area contributed by atoms with Gasteiger partial charge in [-0.25, -0.2) is 13.1 Å². The number of allylic oxidation sites excluding steroid dienone is 1. The van der Waals surface area contributed by atoms with Crippen LogP contribution in [0.1, 0.15) is 78.6 Å². The molecule has 5 atom stereocenters. The van der Waals surface area contributed by atoms with Gasteiger partial charge in [0.15, 0.2) is 5.82 Å². The number of carbonyl (C=O) groups is 1. The van der Waals surface area contributed by atoms with Gasteiger partial charge in [0.05, 0.1) is 23.6 Å². The van der Waals surface area contributed by atoms with E-state index >= 15 is 0 Å². The Morgan fingerprint density at radius 1 is 1.17 bits per heavy atom. The fourth-order valence-electron chi connectivity index (χ4n) is 7.69. The number of fused-ring (bicyclic) bond motifs is 4. The van der Waals surface area contributed by atoms with Gasteiger partial charge in [0.25, 0.3) is 5.91 Å². The van der Waals surface area contributed by atoms with Crippen LogP contribution in [0.25, 0.3) is 0 Å². The third-order valence-electron chi connectivity index (χ3n) is 10.5. The van der Waals surface area contributed by atoms with Crippen LogP contribution in [0, 0.1) is 18.8 Å². The van der Waals surface area contributed by atoms with Crippen molar-refractivity contribution in [1.82, 2.24) is 14.9 Å². The van der Waals surface area contributed by atoms with Crippen LogP contribution in [0.4, 0.5) is 5.69 Å². The number of halogens is 1. The highest BCUT2D eigenvalue weighted by atomic mass is 35.5. The normalized spacial score (nSPS) is 29.4. The van der Waals surface area contributed by atoms with Gasteiger partial charge in [0.1, 0.15) is 12.4 Å². The smallest absolute Gasteiger partial charge is 0.264 e. The first-order chi connectivity index (χ1) is 22.6. The van der Waals surface area contributed by atoms with E-state index in [2.05, 4.69) is 38.0 Å². The fraction of sp³-hybridized carbons (Fsp3) is 0.514. The number of hydrogen-bond acceptors (Lipinski definition) is 9. The Labute approximate surface area is 280 Å². The lowest BCUT2D eigenvalue weighted by Crippen LogP contribution is -2.49. The molecule has 2 bridgehead atoms. The van der Waals surface area contributed by atoms with Crippen molar-refractivity contribution >= 4 is 33.2 Å². The first-order valence-electron chi connectivity index (χ1n) is 16.5. The third-order valence-corrected chi connectivity index (χ3v) is 12.5. The largest absolute Gasteiger partial charge is 0.490 e. The molecule has 0 unspecified atom stereocenters. The number of hydrogen-bond donors (Lipinski definition) is 1. The number of carbonyl (C=O) groups excluding carboxylic acids is 1. The quantitative estimate of drug-likeness (QED) is 0.336. The molecule has 10 nitrogen and oxygen atoms in total. The average Bonchev–Trinajstić information content (AvgIpc) is 3.39. The molecule has 1 amide bonds. The Balaban J connectivity index is 1.26. The minimum Gasteiger partial charge on any atom is -0.490 e. The number of aromatic nitrogens is 2. The molecule has 1 fully saturated rings. The van der Waals surface area contributed by atoms with Crippen molar-refractivity contribution in [2.45, 2.75) is 82.2 Å². The Hall–Kier alpha value is -3.41. The van der Waals surface area contributed by atoms with E-state index in [0.29, 0.717) is 49.4 Å². The van der Waals surface area contributed by atoms with Crippen LogP contribution in [0.3, 0.4) is 0 Å². The number of rotatable bonds is 3. The zero-order chi connectivity index (χ0) is 32.8. The summed E-state index contributed by atoms with van der Waals surface area (Å²) in [6.07, 6.45) is 9.75. The number of aryl methyl sites for hydroxylation is 2. The Kier molecular flexibility index (Phi) is 8.82. The zero-order valence-electron chi connectivity index (χ0n) is 26.8. The van der Waals surface area contributed by atoms with Crippen molar-refractivity contribution in [3.05, 3.63) is 82.0 Å². The maximum absolute atomic E-state index is 13.4. The number of ether oxygens (including phenoxy) is 2. The van der Waals surface area contributed by atoms with Crippen molar-refractivity contribution in [1.29, 1.82) is 0 Å². The van der Waals surface area contributed by atoms with Gasteiger partial charge in [-0.3, -0.25) is 4.79 Å². The van der Waals surface area contributed by atoms with Crippen molar-refractivity contribution < 1.29 is 27.2 Å². The van der Waals surface area contributed by atoms with Crippen molar-refractivity contribution in [2.24, 2.45) is 11.8 Å². The monoisotopic (exact) mass is 680 g/mol. The van der Waals surface area contributed by atoms with E-state index in [9.17, 15) is 13.2 Å². The lowest BCUT2D eigenvalue weighted by Gasteiger charge is -2.46. The maximum Gasteiger partial charge on any atom is 0.264 e. The lowest BCUT2D eigenvalue weighted by molar-refractivity contribution is -0.0253. The van der Waals surface area contributed by atoms with E-state index in [0.717, 1.165) is 49.4 Å². The fourth-order valence-corrected chi connectivity index (χ4v) is 8.91. The van der Waals surface area contributed by atoms with Gasteiger partial charge in [0, 0.05) is 36.0 Å². The minimum atomic E-state index is -3.90. The molecule has 7 rings (SSSR count). The Morgan fingerprint density at radius 3 is 2.83 bits per heavy atom. The predicted molar refractivity (Wildman–Crippen MR) is 178 cm³/mol. The molecule has 3 heterocycles. The summed E-state index contributed by atoms with van der Waals surface area (Å²) >= 11 is 6.43. The summed E-state index contributed by atoms with van der Waals surface area (Å²) in [6.45, 7) is 5.53. The summed E-state index contributed by atoms with van der Waals surface area (Å²) in [4.78, 5) is 20.1. The summed E-state index contributed by atoms with van der Waals surface area (Å²) in [6, 6.07) is 11.4. The number of benzene rings is 2. The summed E-state index contributed by atoms with van der Waals surface area (Å²) in [5.41, 5.74) is 3.33. The van der Waals surface area contributed by atoms with Gasteiger partial charge >= 0.3 is 0 Å². The molecule has 250 valence electrons. The van der Waals surface area contributed by atoms with Gasteiger partial charge in [-0.15, -0.1) is 0 Å². The van der Waals surface area contributed by atoms with E-state index in [1.165, 1.54) is 11.1 Å². The molecule has 4 aliphatic rings. The molecule has 1 saturated carbocycles. The van der Waals surface area contributed by atoms with Crippen LogP contribution < -0.4 is 14.4 Å². The van der Waals surface area contributed by atoms with Crippen LogP contribution >= 0.6 is 11.6 Å². The van der Waals surface area contributed by atoms with Crippen LogP contribution in [0.15, 0.2) is 53.1 Å². The molecule has 2 aliphatic carbocycles. The van der Waals surface area contributed by atoms with Crippen LogP contribution in [-0.2, 0) is 33.2 Å². The first-order valence-corrected chi connectivity index (χ1v) is 18.5. The lowest BCUT2D eigenvalue weighted by atomic mass is 9.68. The van der Waals surface area contributed by atoms with Crippen LogP contribution in [0.2, 0.25) is 5.02 Å². The zero-order valence-corrected chi connectivity index (χ0v) is 28.4. The molecule has 1 N–H and O–H groups in total. The van der Waals surface area contributed by atoms with Crippen LogP contribution in [-0.4, -0.2) is 55.5 Å². The van der Waals surface area contributed by atoms with Crippen LogP contribution in [0.5, 0.6) is 5.75 Å². The highest BCUT2D eigenvalue weighted by Gasteiger charge is 2.44. The standard InChI is InChI=1S/C35H41ClN4O6S/c1-22-6-3-4-8-31(44-19-33-37-23(2)46-38-33)28-12-9-26(28)18-40-20-35(15-5-7-24-16-27(36)11-13-29(24)35)21-45-32-14-10-25(17-30(32)40)34(41)39-47(22,42)43/h4,8,10-11,13-14,16-17,22,26,28,31H,3,5-7,9,12,15,18-21H2,1-2H3,(H,39,41)/b8-4+/t22-,26+,28-,31+,35+/m1/s1. The Morgan fingerprint density at radius 2 is 2.04 bits per heavy atom. The molecule has 3 aromatic rings. The summed E-state index contributed by atoms with van der Waals surface area (Å²) in [5, 5.41) is 3.98. The summed E-state index contributed by atoms with van der Waals surface area (Å²) in [7, 11) is -3.90. The highest BCUT2D eigenvalue weighted by Crippen LogP contribution is 2.47. The number of nitrogens with zero attached hydrogens (tertiary/aromatic N) is 3. The van der Waals surface area contributed by atoms with Crippen molar-refractivity contribution in [3.63, 3.8) is 0 Å². The van der Waals surface area contributed by atoms with E-state index in [1.807, 2.05) is 12.1 Å². The van der Waals surface area contributed by atoms with Gasteiger partial charge in [0.2, 0.25) is 15.9 Å². The summed E-state index contributed by atoms with van der Waals surface area (Å²) < 4.78 is 46.9. The molecule has 2 aliphatic heterocycles. The molecule has 2 aromatic carbocycles. The molecule has 1 spiro atoms. The van der Waals surface area contributed by atoms with Gasteiger partial charge in [-0.2, -0.15) is 4.98 Å². The first kappa shape index (κ1) is 32.2. The van der Waals surface area contributed by atoms with Crippen molar-refractivity contribution in [3.8, 4) is 5.75 Å². The topological polar surface area (TPSA) is 124 Å². The second-order valence-corrected chi connectivity index (χ2v) is 16.1. The number of anilines is 1. The molecular weight excluding hydrogens is 640 g/mol. The molecule has 0 saturated heterocycles. The SMILES string of the molecule is Cc1nc(CO[C@H]2/C=C/CC[C@@H](C)S(=O)(=O)NC(=O)c3ccc4c(c3)N(C[C@@H]3CC[C@H]32)C[C@@]2(CCCc3cc(Cl)ccc32)CO4)no1. The van der Waals surface area contributed by atoms with Gasteiger partial charge in [-0.1, -0.05) is 35.0 Å². The van der Waals surface area contributed by atoms with Crippen molar-refractivity contribution in [2.75, 3.05) is 24.6 Å². The average molecular weight is 681 g/mol. The molecule has 0 radical (unpaired) electrons. The van der Waals surface area contributed by atoms with E-state index in [4.69, 9.17) is 25.6 Å². The second-order valence-electron chi connectivity index (χ2n) is 13.6. The number of sulfonamides is 1. The van der Waals surface area contributed by atoms with E-state index in [1.54, 1.807) is 32.0 Å². The molecule has 12 heteroatoms. The van der Waals surface area contributed by atoms with Gasteiger partial charge in [-0.05, 0) is 105 Å². The summed E-state index contributed by atoms with van der Waals surface area (Å²) in [5.74, 6) is 1.60. The van der Waals surface area contributed by atoms with Gasteiger partial charge < -0.3 is 18.9 Å². The maximum atomic E-state index is 13.4. The second kappa shape index (κ2) is 12.9. The Bertz CT molecular complexity index is 1790. The van der Waals surface area contributed by atoms with E-state index < -0.39 is 21.2 Å². The van der Waals surface area contributed by atoms with E-state index in [-0.39, 0.29) is 29.6 Å². The molecule has 47 heavy (non-hydrogen) atoms. The highest BCUT2D eigenvalue weighted by molar-refractivity contribution is 7.90. The molecular formula is C35H41ClN4O6S. The third kappa shape index (κ3) is 6.54. The number of nitrogens with one attached hydrogen (secondary N) is 1. The predicted octanol–water partition coefficient (Wildman–Crippen LogP) is 5.91.